The second kappa shape index (κ2) is 6.78. The maximum atomic E-state index is 12.6. The number of anilines is 2. The van der Waals surface area contributed by atoms with E-state index in [4.69, 9.17) is 0 Å². The van der Waals surface area contributed by atoms with E-state index in [1.54, 1.807) is 12.1 Å². The molecule has 1 aromatic carbocycles. The van der Waals surface area contributed by atoms with Crippen LogP contribution in [0.1, 0.15) is 32.3 Å². The average molecular weight is 333 g/mol. The van der Waals surface area contributed by atoms with Crippen molar-refractivity contribution in [3.05, 3.63) is 48.3 Å². The van der Waals surface area contributed by atoms with Gasteiger partial charge >= 0.3 is 0 Å². The van der Waals surface area contributed by atoms with Gasteiger partial charge in [0.25, 0.3) is 10.0 Å². The summed E-state index contributed by atoms with van der Waals surface area (Å²) in [6, 6.07) is 8.30. The van der Waals surface area contributed by atoms with E-state index < -0.39 is 10.0 Å². The number of carbonyl (C=O) groups is 1. The average Bonchev–Trinajstić information content (AvgIpc) is 2.48. The third-order valence-corrected chi connectivity index (χ3v) is 4.57. The van der Waals surface area contributed by atoms with Crippen LogP contribution in [0.2, 0.25) is 0 Å². The van der Waals surface area contributed by atoms with E-state index in [1.165, 1.54) is 31.5 Å². The van der Waals surface area contributed by atoms with Crippen molar-refractivity contribution in [2.24, 2.45) is 0 Å². The number of hydrogen-bond donors (Lipinski definition) is 2. The first-order chi connectivity index (χ1) is 10.8. The highest BCUT2D eigenvalue weighted by molar-refractivity contribution is 7.92. The van der Waals surface area contributed by atoms with Crippen LogP contribution in [0, 0.1) is 0 Å². The lowest BCUT2D eigenvalue weighted by Gasteiger charge is -2.13. The standard InChI is InChI=1S/C16H19N3O3S/c1-11(2)13-5-4-6-14(9-13)23(21,22)19-16-10-17-8-7-15(16)18-12(3)20/h4-11,19H,1-3H3,(H,17,18,20). The van der Waals surface area contributed by atoms with Crippen LogP contribution < -0.4 is 10.0 Å². The molecular formula is C16H19N3O3S. The van der Waals surface area contributed by atoms with Crippen molar-refractivity contribution in [3.63, 3.8) is 0 Å². The summed E-state index contributed by atoms with van der Waals surface area (Å²) >= 11 is 0. The summed E-state index contributed by atoms with van der Waals surface area (Å²) < 4.78 is 27.6. The van der Waals surface area contributed by atoms with Crippen LogP contribution in [-0.2, 0) is 14.8 Å². The first-order valence-electron chi connectivity index (χ1n) is 7.14. The molecule has 0 saturated heterocycles. The predicted octanol–water partition coefficient (Wildman–Crippen LogP) is 2.96. The molecule has 0 unspecified atom stereocenters. The highest BCUT2D eigenvalue weighted by Crippen LogP contribution is 2.25. The molecule has 2 rings (SSSR count). The number of aromatic nitrogens is 1. The second-order valence-electron chi connectivity index (χ2n) is 5.44. The van der Waals surface area contributed by atoms with E-state index >= 15 is 0 Å². The molecule has 0 radical (unpaired) electrons. The topological polar surface area (TPSA) is 88.2 Å². The number of sulfonamides is 1. The molecular weight excluding hydrogens is 314 g/mol. The Hall–Kier alpha value is -2.41. The van der Waals surface area contributed by atoms with Gasteiger partial charge in [-0.2, -0.15) is 0 Å². The zero-order chi connectivity index (χ0) is 17.0. The number of amides is 1. The number of hydrogen-bond acceptors (Lipinski definition) is 4. The summed E-state index contributed by atoms with van der Waals surface area (Å²) in [6.07, 6.45) is 2.83. The Bertz CT molecular complexity index is 817. The molecule has 2 N–H and O–H groups in total. The van der Waals surface area contributed by atoms with Gasteiger partial charge in [0.15, 0.2) is 0 Å². The first-order valence-corrected chi connectivity index (χ1v) is 8.62. The van der Waals surface area contributed by atoms with Crippen LogP contribution in [0.4, 0.5) is 11.4 Å². The van der Waals surface area contributed by atoms with Gasteiger partial charge in [0.05, 0.1) is 22.5 Å². The van der Waals surface area contributed by atoms with Gasteiger partial charge in [0, 0.05) is 13.1 Å². The van der Waals surface area contributed by atoms with Crippen LogP contribution >= 0.6 is 0 Å². The molecule has 1 amide bonds. The fraction of sp³-hybridized carbons (Fsp3) is 0.250. The fourth-order valence-corrected chi connectivity index (χ4v) is 3.14. The lowest BCUT2D eigenvalue weighted by Crippen LogP contribution is -2.16. The zero-order valence-corrected chi connectivity index (χ0v) is 14.0. The van der Waals surface area contributed by atoms with Gasteiger partial charge in [-0.3, -0.25) is 14.5 Å². The molecule has 7 heteroatoms. The Labute approximate surface area is 136 Å². The zero-order valence-electron chi connectivity index (χ0n) is 13.2. The van der Waals surface area contributed by atoms with Crippen LogP contribution in [-0.4, -0.2) is 19.3 Å². The van der Waals surface area contributed by atoms with Crippen molar-refractivity contribution in [2.75, 3.05) is 10.0 Å². The van der Waals surface area contributed by atoms with Crippen molar-refractivity contribution >= 4 is 27.3 Å². The van der Waals surface area contributed by atoms with Crippen LogP contribution in [0.15, 0.2) is 47.6 Å². The van der Waals surface area contributed by atoms with Crippen molar-refractivity contribution in [1.82, 2.24) is 4.98 Å². The summed E-state index contributed by atoms with van der Waals surface area (Å²) in [5.74, 6) is -0.0723. The smallest absolute Gasteiger partial charge is 0.262 e. The van der Waals surface area contributed by atoms with Crippen LogP contribution in [0.3, 0.4) is 0 Å². The molecule has 1 heterocycles. The third kappa shape index (κ3) is 4.29. The van der Waals surface area contributed by atoms with Crippen LogP contribution in [0.5, 0.6) is 0 Å². The number of nitrogens with one attached hydrogen (secondary N) is 2. The Morgan fingerprint density at radius 1 is 1.17 bits per heavy atom. The molecule has 0 aliphatic heterocycles. The van der Waals surface area contributed by atoms with Gasteiger partial charge in [-0.25, -0.2) is 8.42 Å². The maximum absolute atomic E-state index is 12.6. The monoisotopic (exact) mass is 333 g/mol. The molecule has 23 heavy (non-hydrogen) atoms. The van der Waals surface area contributed by atoms with Crippen molar-refractivity contribution < 1.29 is 13.2 Å². The molecule has 1 aromatic heterocycles. The molecule has 122 valence electrons. The number of nitrogens with zero attached hydrogens (tertiary/aromatic N) is 1. The predicted molar refractivity (Wildman–Crippen MR) is 89.9 cm³/mol. The van der Waals surface area contributed by atoms with Gasteiger partial charge in [0.1, 0.15) is 0 Å². The van der Waals surface area contributed by atoms with E-state index in [0.29, 0.717) is 5.69 Å². The summed E-state index contributed by atoms with van der Waals surface area (Å²) in [5.41, 5.74) is 1.51. The summed E-state index contributed by atoms with van der Waals surface area (Å²) in [6.45, 7) is 5.34. The highest BCUT2D eigenvalue weighted by atomic mass is 32.2. The summed E-state index contributed by atoms with van der Waals surface area (Å²) in [4.78, 5) is 15.3. The molecule has 0 spiro atoms. The molecule has 2 aromatic rings. The van der Waals surface area contributed by atoms with Gasteiger partial charge in [0.2, 0.25) is 5.91 Å². The number of benzene rings is 1. The number of pyridine rings is 1. The second-order valence-corrected chi connectivity index (χ2v) is 7.12. The van der Waals surface area contributed by atoms with Crippen molar-refractivity contribution in [3.8, 4) is 0 Å². The first kappa shape index (κ1) is 17.0. The molecule has 0 fully saturated rings. The van der Waals surface area contributed by atoms with Gasteiger partial charge in [-0.05, 0) is 29.7 Å². The Kier molecular flexibility index (Phi) is 5.00. The minimum absolute atomic E-state index is 0.168. The SMILES string of the molecule is CC(=O)Nc1ccncc1NS(=O)(=O)c1cccc(C(C)C)c1. The van der Waals surface area contributed by atoms with E-state index in [2.05, 4.69) is 15.0 Å². The highest BCUT2D eigenvalue weighted by Gasteiger charge is 2.17. The summed E-state index contributed by atoms with van der Waals surface area (Å²) in [7, 11) is -3.77. The Morgan fingerprint density at radius 3 is 2.57 bits per heavy atom. The maximum Gasteiger partial charge on any atom is 0.262 e. The van der Waals surface area contributed by atoms with Crippen molar-refractivity contribution in [2.45, 2.75) is 31.6 Å². The lowest BCUT2D eigenvalue weighted by atomic mass is 10.0. The lowest BCUT2D eigenvalue weighted by molar-refractivity contribution is -0.114. The number of carbonyl (C=O) groups excluding carboxylic acids is 1. The van der Waals surface area contributed by atoms with E-state index in [1.807, 2.05) is 19.9 Å². The Balaban J connectivity index is 2.36. The molecule has 6 nitrogen and oxygen atoms in total. The summed E-state index contributed by atoms with van der Waals surface area (Å²) in [5, 5.41) is 2.57. The molecule has 0 aliphatic carbocycles. The normalized spacial score (nSPS) is 11.3. The van der Waals surface area contributed by atoms with E-state index in [-0.39, 0.29) is 22.4 Å². The minimum Gasteiger partial charge on any atom is -0.324 e. The molecule has 0 bridgehead atoms. The van der Waals surface area contributed by atoms with Crippen molar-refractivity contribution in [1.29, 1.82) is 0 Å². The number of rotatable bonds is 5. The van der Waals surface area contributed by atoms with Gasteiger partial charge in [-0.1, -0.05) is 26.0 Å². The van der Waals surface area contributed by atoms with E-state index in [0.717, 1.165) is 5.56 Å². The van der Waals surface area contributed by atoms with E-state index in [9.17, 15) is 13.2 Å². The molecule has 0 saturated carbocycles. The van der Waals surface area contributed by atoms with Crippen LogP contribution in [0.25, 0.3) is 0 Å². The largest absolute Gasteiger partial charge is 0.324 e. The Morgan fingerprint density at radius 2 is 1.91 bits per heavy atom. The fourth-order valence-electron chi connectivity index (χ4n) is 2.02. The molecule has 0 atom stereocenters. The quantitative estimate of drug-likeness (QED) is 0.880. The third-order valence-electron chi connectivity index (χ3n) is 3.21. The van der Waals surface area contributed by atoms with Gasteiger partial charge in [-0.15, -0.1) is 0 Å². The minimum atomic E-state index is -3.77. The molecule has 0 aliphatic rings. The van der Waals surface area contributed by atoms with Gasteiger partial charge < -0.3 is 5.32 Å².